The van der Waals surface area contributed by atoms with Gasteiger partial charge in [0.05, 0.1) is 6.04 Å². The second-order valence-electron chi connectivity index (χ2n) is 10.1. The molecule has 0 saturated carbocycles. The van der Waals surface area contributed by atoms with E-state index in [4.69, 9.17) is 13.6 Å². The molecule has 18 heteroatoms. The molecule has 2 aliphatic rings. The van der Waals surface area contributed by atoms with Crippen LogP contribution in [0, 0.1) is 13.8 Å². The van der Waals surface area contributed by atoms with E-state index in [0.29, 0.717) is 27.8 Å². The molecule has 5 rings (SSSR count). The lowest BCUT2D eigenvalue weighted by Gasteiger charge is -2.49. The molecule has 0 aliphatic carbocycles. The van der Waals surface area contributed by atoms with E-state index >= 15 is 0 Å². The third-order valence-corrected chi connectivity index (χ3v) is 10.5. The van der Waals surface area contributed by atoms with Gasteiger partial charge < -0.3 is 29.3 Å². The van der Waals surface area contributed by atoms with Crippen molar-refractivity contribution >= 4 is 64.8 Å². The molecule has 3 aromatic rings. The van der Waals surface area contributed by atoms with Gasteiger partial charge in [0, 0.05) is 22.6 Å². The number of thioether (sulfide) groups is 2. The summed E-state index contributed by atoms with van der Waals surface area (Å²) in [6.07, 6.45) is -1.44. The molecule has 0 radical (unpaired) electrons. The van der Waals surface area contributed by atoms with Gasteiger partial charge in [0.1, 0.15) is 22.1 Å². The third-order valence-electron chi connectivity index (χ3n) is 7.07. The number of aromatic nitrogens is 2. The van der Waals surface area contributed by atoms with Crippen LogP contribution in [-0.4, -0.2) is 79.1 Å². The number of aliphatic hydroxyl groups excluding tert-OH is 1. The average Bonchev–Trinajstić information content (AvgIpc) is 3.62. The number of aliphatic hydroxyl groups is 1. The molecule has 4 atom stereocenters. The van der Waals surface area contributed by atoms with E-state index in [1.54, 1.807) is 6.07 Å². The zero-order chi connectivity index (χ0) is 33.1. The summed E-state index contributed by atoms with van der Waals surface area (Å²) in [5.41, 5.74) is 0.605. The van der Waals surface area contributed by atoms with Crippen molar-refractivity contribution in [2.24, 2.45) is 0 Å². The molecule has 1 saturated heterocycles. The Kier molecular flexibility index (Phi) is 10.1. The maximum Gasteiger partial charge on any atom is 0.519 e. The molecule has 3 amide bonds. The zero-order valence-corrected chi connectivity index (χ0v) is 27.0. The van der Waals surface area contributed by atoms with Crippen LogP contribution < -0.4 is 16.5 Å². The highest BCUT2D eigenvalue weighted by atomic mass is 32.2. The Labute approximate surface area is 273 Å². The number of amides is 3. The number of Topliss-reactive ketones (excluding diaryl/α,β-unsaturated/α-hetero) is 1. The first-order valence-electron chi connectivity index (χ1n) is 13.7. The van der Waals surface area contributed by atoms with Crippen molar-refractivity contribution in [1.82, 2.24) is 25.7 Å². The van der Waals surface area contributed by atoms with E-state index in [1.807, 2.05) is 6.92 Å². The summed E-state index contributed by atoms with van der Waals surface area (Å²) in [5, 5.41) is 24.0. The van der Waals surface area contributed by atoms with Crippen molar-refractivity contribution in [2.75, 3.05) is 11.5 Å². The number of aryl methyl sites for hydroxylation is 2. The van der Waals surface area contributed by atoms with E-state index in [0.717, 1.165) is 5.01 Å². The highest BCUT2D eigenvalue weighted by Crippen LogP contribution is 2.42. The molecule has 46 heavy (non-hydrogen) atoms. The largest absolute Gasteiger partial charge is 0.519 e. The van der Waals surface area contributed by atoms with Crippen molar-refractivity contribution < 1.29 is 42.7 Å². The summed E-state index contributed by atoms with van der Waals surface area (Å²) in [5.74, 6) is -3.09. The van der Waals surface area contributed by atoms with Gasteiger partial charge >= 0.3 is 11.8 Å². The fourth-order valence-electron chi connectivity index (χ4n) is 4.72. The van der Waals surface area contributed by atoms with Gasteiger partial charge in [0.25, 0.3) is 11.8 Å². The number of esters is 1. The van der Waals surface area contributed by atoms with E-state index in [9.17, 15) is 33.9 Å². The van der Waals surface area contributed by atoms with Crippen molar-refractivity contribution in [3.05, 3.63) is 73.8 Å². The van der Waals surface area contributed by atoms with Crippen molar-refractivity contribution in [2.45, 2.75) is 55.3 Å². The van der Waals surface area contributed by atoms with Crippen molar-refractivity contribution in [3.8, 4) is 0 Å². The van der Waals surface area contributed by atoms with Crippen LogP contribution in [0.3, 0.4) is 0 Å². The monoisotopic (exact) mass is 689 g/mol. The van der Waals surface area contributed by atoms with Crippen LogP contribution in [-0.2, 0) is 30.5 Å². The number of nitrogens with one attached hydrogen (secondary N) is 2. The van der Waals surface area contributed by atoms with Crippen molar-refractivity contribution in [3.63, 3.8) is 0 Å². The standard InChI is InChI=1S/C28H27N5O10S3/c1-12(29-11-34)21(35)16-6-4-5-7-17(16)22(36)23(37)30-19-24(38)33-20(26(39)41-8-18-13(2)42-28(40)43-18)15(9-44-25(19)33)10-45-27-32-31-14(3)46-27/h4-7,11-12,19,22,25,36H,8-10H2,1-3H3,(H,29,34)(H,30,37)/t12-,19?,22?,25-/m0/s1. The summed E-state index contributed by atoms with van der Waals surface area (Å²) >= 11 is 4.03. The normalized spacial score (nSPS) is 18.7. The van der Waals surface area contributed by atoms with Gasteiger partial charge in [-0.05, 0) is 26.3 Å². The molecule has 15 nitrogen and oxygen atoms in total. The molecule has 4 heterocycles. The number of ketones is 1. The number of hydrogen-bond donors (Lipinski definition) is 3. The summed E-state index contributed by atoms with van der Waals surface area (Å²) < 4.78 is 15.8. The van der Waals surface area contributed by atoms with Crippen LogP contribution in [0.4, 0.5) is 0 Å². The lowest BCUT2D eigenvalue weighted by atomic mass is 9.95. The second-order valence-corrected chi connectivity index (χ2v) is 13.6. The van der Waals surface area contributed by atoms with Crippen molar-refractivity contribution in [1.29, 1.82) is 0 Å². The number of benzene rings is 1. The molecule has 2 aromatic heterocycles. The number of nitrogens with zero attached hydrogens (tertiary/aromatic N) is 3. The highest BCUT2D eigenvalue weighted by Gasteiger charge is 2.54. The number of fused-ring (bicyclic) bond motifs is 1. The minimum absolute atomic E-state index is 0.000975. The van der Waals surface area contributed by atoms with Crippen LogP contribution >= 0.6 is 34.9 Å². The second kappa shape index (κ2) is 14.0. The van der Waals surface area contributed by atoms with E-state index in [2.05, 4.69) is 20.8 Å². The number of carbonyl (C=O) groups is 5. The summed E-state index contributed by atoms with van der Waals surface area (Å²) in [7, 11) is 0. The summed E-state index contributed by atoms with van der Waals surface area (Å²) in [4.78, 5) is 76.4. The van der Waals surface area contributed by atoms with E-state index < -0.39 is 59.6 Å². The van der Waals surface area contributed by atoms with Gasteiger partial charge in [-0.3, -0.25) is 24.1 Å². The Bertz CT molecular complexity index is 1780. The van der Waals surface area contributed by atoms with Gasteiger partial charge in [-0.15, -0.1) is 22.0 Å². The number of carbonyl (C=O) groups excluding carboxylic acids is 5. The van der Waals surface area contributed by atoms with Gasteiger partial charge in [-0.1, -0.05) is 47.4 Å². The highest BCUT2D eigenvalue weighted by molar-refractivity contribution is 8.01. The van der Waals surface area contributed by atoms with Crippen LogP contribution in [0.2, 0.25) is 0 Å². The third kappa shape index (κ3) is 6.79. The summed E-state index contributed by atoms with van der Waals surface area (Å²) in [6, 6.07) is 3.91. The zero-order valence-electron chi connectivity index (χ0n) is 24.5. The minimum Gasteiger partial charge on any atom is -0.453 e. The predicted octanol–water partition coefficient (Wildman–Crippen LogP) is 1.24. The Morgan fingerprint density at radius 1 is 1.22 bits per heavy atom. The topological polar surface area (TPSA) is 211 Å². The molecule has 1 fully saturated rings. The number of rotatable bonds is 13. The van der Waals surface area contributed by atoms with Crippen LogP contribution in [0.1, 0.15) is 45.5 Å². The predicted molar refractivity (Wildman–Crippen MR) is 164 cm³/mol. The fraction of sp³-hybridized carbons (Fsp3) is 0.357. The number of ether oxygens (including phenoxy) is 1. The molecular formula is C28H27N5O10S3. The quantitative estimate of drug-likeness (QED) is 0.0758. The Balaban J connectivity index is 1.33. The van der Waals surface area contributed by atoms with Crippen LogP contribution in [0.5, 0.6) is 0 Å². The first-order valence-corrected chi connectivity index (χ1v) is 16.5. The van der Waals surface area contributed by atoms with E-state index in [-0.39, 0.29) is 28.3 Å². The maximum absolute atomic E-state index is 13.5. The van der Waals surface area contributed by atoms with Gasteiger partial charge in [-0.2, -0.15) is 0 Å². The molecule has 242 valence electrons. The molecule has 1 aromatic carbocycles. The SMILES string of the molecule is Cc1nnc(SCC2=C(C(=O)OCc3oc(=O)oc3C)N3C(=O)C(NC(=O)C(O)c4ccccc4C(=O)[C@H](C)NC=O)[C@@H]3SC2)s1. The van der Waals surface area contributed by atoms with Crippen LogP contribution in [0.15, 0.2) is 53.5 Å². The van der Waals surface area contributed by atoms with E-state index in [1.165, 1.54) is 71.8 Å². The average molecular weight is 690 g/mol. The fourth-order valence-corrected chi connectivity index (χ4v) is 8.02. The maximum atomic E-state index is 13.5. The van der Waals surface area contributed by atoms with Crippen LogP contribution in [0.25, 0.3) is 0 Å². The lowest BCUT2D eigenvalue weighted by molar-refractivity contribution is -0.154. The first-order chi connectivity index (χ1) is 22.0. The van der Waals surface area contributed by atoms with Gasteiger partial charge in [0.2, 0.25) is 6.41 Å². The summed E-state index contributed by atoms with van der Waals surface area (Å²) in [6.45, 7) is 4.34. The molecule has 0 spiro atoms. The minimum atomic E-state index is -1.81. The lowest BCUT2D eigenvalue weighted by Crippen LogP contribution is -2.71. The number of hydrogen-bond acceptors (Lipinski definition) is 15. The van der Waals surface area contributed by atoms with Gasteiger partial charge in [0.15, 0.2) is 34.4 Å². The molecule has 2 aliphatic heterocycles. The Hall–Kier alpha value is -4.26. The molecule has 0 bridgehead atoms. The Morgan fingerprint density at radius 2 is 1.98 bits per heavy atom. The number of β-lactam (4-membered cyclic amide) rings is 1. The molecule has 2 unspecified atom stereocenters. The smallest absolute Gasteiger partial charge is 0.453 e. The van der Waals surface area contributed by atoms with Gasteiger partial charge in [-0.25, -0.2) is 9.59 Å². The first kappa shape index (κ1) is 33.1. The molecule has 3 N–H and O–H groups in total. The Morgan fingerprint density at radius 3 is 2.65 bits per heavy atom. The molecular weight excluding hydrogens is 663 g/mol.